The molecule has 2 aliphatic rings. The van der Waals surface area contributed by atoms with Crippen LogP contribution in [0.3, 0.4) is 0 Å². The Morgan fingerprint density at radius 2 is 1.88 bits per heavy atom. The van der Waals surface area contributed by atoms with E-state index in [0.29, 0.717) is 5.65 Å². The first-order chi connectivity index (χ1) is 15.8. The Morgan fingerprint density at radius 1 is 1.09 bits per heavy atom. The predicted molar refractivity (Wildman–Crippen MR) is 136 cm³/mol. The summed E-state index contributed by atoms with van der Waals surface area (Å²) < 4.78 is 6.95. The summed E-state index contributed by atoms with van der Waals surface area (Å²) >= 11 is 1.69. The Balaban J connectivity index is 0.00000228. The number of benzene rings is 1. The Morgan fingerprint density at radius 3 is 2.73 bits per heavy atom. The summed E-state index contributed by atoms with van der Waals surface area (Å²) in [6.07, 6.45) is 5.38. The largest absolute Gasteiger partial charge is 0.379 e. The number of aryl methyl sites for hydroxylation is 2. The van der Waals surface area contributed by atoms with Gasteiger partial charge in [0.05, 0.1) is 18.6 Å². The lowest BCUT2D eigenvalue weighted by molar-refractivity contribution is 0.0378. The van der Waals surface area contributed by atoms with Crippen molar-refractivity contribution in [1.29, 1.82) is 0 Å². The molecule has 4 aromatic rings. The third kappa shape index (κ3) is 4.10. The highest BCUT2D eigenvalue weighted by Gasteiger charge is 2.22. The molecule has 0 atom stereocenters. The van der Waals surface area contributed by atoms with Crippen LogP contribution in [0.15, 0.2) is 29.1 Å². The van der Waals surface area contributed by atoms with E-state index >= 15 is 0 Å². The minimum atomic E-state index is -0.0356. The molecule has 1 aliphatic carbocycles. The average Bonchev–Trinajstić information content (AvgIpc) is 3.22. The second kappa shape index (κ2) is 9.54. The fourth-order valence-electron chi connectivity index (χ4n) is 4.97. The van der Waals surface area contributed by atoms with Gasteiger partial charge in [-0.3, -0.25) is 9.69 Å². The number of hydrogen-bond acceptors (Lipinski definition) is 7. The van der Waals surface area contributed by atoms with Gasteiger partial charge < -0.3 is 10.1 Å². The van der Waals surface area contributed by atoms with Crippen LogP contribution in [0.4, 0.5) is 5.82 Å². The molecule has 1 aliphatic heterocycles. The van der Waals surface area contributed by atoms with E-state index in [1.165, 1.54) is 21.4 Å². The fourth-order valence-corrected chi connectivity index (χ4v) is 6.22. The lowest BCUT2D eigenvalue weighted by Gasteiger charge is -2.26. The average molecular weight is 486 g/mol. The molecule has 33 heavy (non-hydrogen) atoms. The van der Waals surface area contributed by atoms with E-state index in [9.17, 15) is 4.79 Å². The summed E-state index contributed by atoms with van der Waals surface area (Å²) in [5, 5.41) is 11.0. The van der Waals surface area contributed by atoms with Crippen molar-refractivity contribution in [3.63, 3.8) is 0 Å². The number of anilines is 1. The zero-order chi connectivity index (χ0) is 21.5. The SMILES string of the molecule is Cl.O=c1c2c3c(sc2nc2c4ccccc4c(NCCCN4CCOCC4)nn12)CCCC3. The van der Waals surface area contributed by atoms with Crippen LogP contribution in [0.5, 0.6) is 0 Å². The van der Waals surface area contributed by atoms with E-state index in [0.717, 1.165) is 91.9 Å². The number of thiophene rings is 1. The van der Waals surface area contributed by atoms with E-state index in [1.807, 2.05) is 18.2 Å². The molecule has 0 radical (unpaired) electrons. The van der Waals surface area contributed by atoms with Gasteiger partial charge >= 0.3 is 0 Å². The van der Waals surface area contributed by atoms with E-state index < -0.39 is 0 Å². The van der Waals surface area contributed by atoms with Crippen molar-refractivity contribution in [1.82, 2.24) is 19.5 Å². The normalized spacial score (nSPS) is 16.7. The third-order valence-electron chi connectivity index (χ3n) is 6.64. The number of hydrogen-bond donors (Lipinski definition) is 1. The van der Waals surface area contributed by atoms with Gasteiger partial charge in [0.1, 0.15) is 4.83 Å². The number of rotatable bonds is 5. The Hall–Kier alpha value is -2.26. The number of fused-ring (bicyclic) bond motifs is 6. The number of ether oxygens (including phenoxy) is 1. The summed E-state index contributed by atoms with van der Waals surface area (Å²) in [7, 11) is 0. The van der Waals surface area contributed by atoms with Gasteiger partial charge in [-0.05, 0) is 44.2 Å². The monoisotopic (exact) mass is 485 g/mol. The Kier molecular flexibility index (Phi) is 6.51. The lowest BCUT2D eigenvalue weighted by Crippen LogP contribution is -2.37. The zero-order valence-electron chi connectivity index (χ0n) is 18.5. The molecule has 1 saturated heterocycles. The summed E-state index contributed by atoms with van der Waals surface area (Å²) in [5.41, 5.74) is 1.82. The molecule has 1 N–H and O–H groups in total. The molecule has 0 spiro atoms. The topological polar surface area (TPSA) is 71.8 Å². The fraction of sp³-hybridized carbons (Fsp3) is 0.458. The zero-order valence-corrected chi connectivity index (χ0v) is 20.1. The standard InChI is InChI=1S/C24H27N5O2S.ClH/c30-24-20-18-8-3-4-9-19(18)32-23(20)26-22-17-7-2-1-6-16(17)21(27-29(22)24)25-10-5-11-28-12-14-31-15-13-28;/h1-2,6-7H,3-5,8-15H2,(H,25,27);1H. The van der Waals surface area contributed by atoms with Crippen molar-refractivity contribution < 1.29 is 4.74 Å². The predicted octanol–water partition coefficient (Wildman–Crippen LogP) is 3.89. The highest BCUT2D eigenvalue weighted by molar-refractivity contribution is 7.18. The molecule has 9 heteroatoms. The van der Waals surface area contributed by atoms with Gasteiger partial charge in [-0.25, -0.2) is 4.98 Å². The van der Waals surface area contributed by atoms with Gasteiger partial charge in [0.2, 0.25) is 0 Å². The maximum atomic E-state index is 13.6. The van der Waals surface area contributed by atoms with Crippen molar-refractivity contribution in [3.05, 3.63) is 45.1 Å². The first kappa shape index (κ1) is 22.5. The van der Waals surface area contributed by atoms with Crippen LogP contribution in [0, 0.1) is 0 Å². The molecule has 0 bridgehead atoms. The van der Waals surface area contributed by atoms with Gasteiger partial charge in [-0.1, -0.05) is 24.3 Å². The molecule has 0 unspecified atom stereocenters. The van der Waals surface area contributed by atoms with E-state index in [-0.39, 0.29) is 18.0 Å². The molecule has 0 amide bonds. The molecule has 1 aromatic carbocycles. The van der Waals surface area contributed by atoms with Crippen LogP contribution >= 0.6 is 23.7 Å². The molecule has 0 saturated carbocycles. The maximum absolute atomic E-state index is 13.6. The second-order valence-corrected chi connectivity index (χ2v) is 9.76. The van der Waals surface area contributed by atoms with Gasteiger partial charge in [0, 0.05) is 35.3 Å². The molecule has 6 rings (SSSR count). The van der Waals surface area contributed by atoms with Gasteiger partial charge in [0.25, 0.3) is 5.56 Å². The minimum Gasteiger partial charge on any atom is -0.379 e. The van der Waals surface area contributed by atoms with E-state index in [4.69, 9.17) is 14.8 Å². The number of morpholine rings is 1. The Labute approximate surface area is 202 Å². The van der Waals surface area contributed by atoms with Gasteiger partial charge in [0.15, 0.2) is 11.5 Å². The van der Waals surface area contributed by atoms with Crippen molar-refractivity contribution in [2.45, 2.75) is 32.1 Å². The smallest absolute Gasteiger partial charge is 0.283 e. The molecule has 1 fully saturated rings. The van der Waals surface area contributed by atoms with Crippen LogP contribution in [-0.2, 0) is 17.6 Å². The van der Waals surface area contributed by atoms with Crippen molar-refractivity contribution >= 4 is 56.2 Å². The third-order valence-corrected chi connectivity index (χ3v) is 7.82. The van der Waals surface area contributed by atoms with E-state index in [1.54, 1.807) is 11.3 Å². The van der Waals surface area contributed by atoms with Crippen LogP contribution in [-0.4, -0.2) is 58.9 Å². The molecule has 4 heterocycles. The van der Waals surface area contributed by atoms with Gasteiger partial charge in [-0.15, -0.1) is 28.8 Å². The van der Waals surface area contributed by atoms with Crippen molar-refractivity contribution in [2.75, 3.05) is 44.7 Å². The maximum Gasteiger partial charge on any atom is 0.283 e. The van der Waals surface area contributed by atoms with Crippen LogP contribution in [0.25, 0.3) is 26.6 Å². The van der Waals surface area contributed by atoms with Crippen LogP contribution < -0.4 is 10.9 Å². The summed E-state index contributed by atoms with van der Waals surface area (Å²) in [6.45, 7) is 5.48. The summed E-state index contributed by atoms with van der Waals surface area (Å²) in [4.78, 5) is 23.1. The number of nitrogens with one attached hydrogen (secondary N) is 1. The quantitative estimate of drug-likeness (QED) is 0.341. The second-order valence-electron chi connectivity index (χ2n) is 8.67. The minimum absolute atomic E-state index is 0. The van der Waals surface area contributed by atoms with E-state index in [2.05, 4.69) is 16.3 Å². The Bertz CT molecular complexity index is 1360. The molecule has 7 nitrogen and oxygen atoms in total. The summed E-state index contributed by atoms with van der Waals surface area (Å²) in [6, 6.07) is 8.11. The van der Waals surface area contributed by atoms with Gasteiger partial charge in [-0.2, -0.15) is 4.52 Å². The van der Waals surface area contributed by atoms with Crippen molar-refractivity contribution in [2.24, 2.45) is 0 Å². The van der Waals surface area contributed by atoms with Crippen molar-refractivity contribution in [3.8, 4) is 0 Å². The van der Waals surface area contributed by atoms with Crippen LogP contribution in [0.2, 0.25) is 0 Å². The highest BCUT2D eigenvalue weighted by Crippen LogP contribution is 2.34. The first-order valence-electron chi connectivity index (χ1n) is 11.6. The molecule has 174 valence electrons. The molecule has 3 aromatic heterocycles. The molecular weight excluding hydrogens is 458 g/mol. The number of halogens is 1. The number of nitrogens with zero attached hydrogens (tertiary/aromatic N) is 4. The van der Waals surface area contributed by atoms with Crippen LogP contribution in [0.1, 0.15) is 29.7 Å². The lowest BCUT2D eigenvalue weighted by atomic mass is 9.97. The first-order valence-corrected chi connectivity index (χ1v) is 12.4. The highest BCUT2D eigenvalue weighted by atomic mass is 35.5. The summed E-state index contributed by atoms with van der Waals surface area (Å²) in [5.74, 6) is 0.752. The number of aromatic nitrogens is 3. The molecular formula is C24H28ClN5O2S.